The van der Waals surface area contributed by atoms with Crippen LogP contribution in [0.5, 0.6) is 0 Å². The van der Waals surface area contributed by atoms with E-state index < -0.39 is 24.7 Å². The number of nitrogens with zero attached hydrogens (tertiary/aromatic N) is 1. The Morgan fingerprint density at radius 3 is 2.37 bits per heavy atom. The van der Waals surface area contributed by atoms with Gasteiger partial charge in [0.05, 0.1) is 11.4 Å². The second kappa shape index (κ2) is 5.38. The molecule has 4 N–H and O–H groups in total. The smallest absolute Gasteiger partial charge is 0.397 e. The van der Waals surface area contributed by atoms with E-state index in [1.165, 1.54) is 18.2 Å². The van der Waals surface area contributed by atoms with Crippen LogP contribution in [0.15, 0.2) is 18.2 Å². The zero-order valence-corrected chi connectivity index (χ0v) is 10.7. The quantitative estimate of drug-likeness (QED) is 0.827. The molecule has 0 radical (unpaired) electrons. The van der Waals surface area contributed by atoms with Crippen LogP contribution in [0.4, 0.5) is 24.5 Å². The van der Waals surface area contributed by atoms with Crippen LogP contribution in [0, 0.1) is 0 Å². The van der Waals surface area contributed by atoms with Gasteiger partial charge in [0.2, 0.25) is 5.91 Å². The Morgan fingerprint density at radius 2 is 1.95 bits per heavy atom. The van der Waals surface area contributed by atoms with Gasteiger partial charge in [0.1, 0.15) is 6.54 Å². The third-order valence-corrected chi connectivity index (χ3v) is 2.60. The minimum Gasteiger partial charge on any atom is -0.397 e. The van der Waals surface area contributed by atoms with Crippen molar-refractivity contribution in [1.29, 1.82) is 0 Å². The number of hydrogen-bond acceptors (Lipinski definition) is 3. The van der Waals surface area contributed by atoms with Crippen LogP contribution in [0.1, 0.15) is 24.2 Å². The van der Waals surface area contributed by atoms with E-state index in [0.717, 1.165) is 4.90 Å². The van der Waals surface area contributed by atoms with Crippen LogP contribution in [-0.4, -0.2) is 24.7 Å². The number of carbonyl (C=O) groups is 1. The van der Waals surface area contributed by atoms with Crippen LogP contribution >= 0.6 is 0 Å². The van der Waals surface area contributed by atoms with Gasteiger partial charge in [-0.25, -0.2) is 0 Å². The van der Waals surface area contributed by atoms with Gasteiger partial charge in [-0.1, -0.05) is 0 Å². The minimum atomic E-state index is -4.36. The molecule has 1 rings (SSSR count). The van der Waals surface area contributed by atoms with Gasteiger partial charge in [-0.05, 0) is 32.0 Å². The van der Waals surface area contributed by atoms with Crippen molar-refractivity contribution < 1.29 is 18.0 Å². The molecule has 0 bridgehead atoms. The van der Waals surface area contributed by atoms with Gasteiger partial charge in [-0.3, -0.25) is 4.79 Å². The molecule has 0 aromatic heterocycles. The molecule has 0 saturated carbocycles. The lowest BCUT2D eigenvalue weighted by molar-refractivity contribution is -0.120. The molecular weight excluding hydrogens is 259 g/mol. The number of nitrogen functional groups attached to an aromatic ring is 1. The first-order chi connectivity index (χ1) is 8.61. The Morgan fingerprint density at radius 1 is 1.37 bits per heavy atom. The molecule has 0 unspecified atom stereocenters. The maximum atomic E-state index is 12.6. The summed E-state index contributed by atoms with van der Waals surface area (Å²) in [5.74, 6) is -0.711. The molecule has 1 aromatic carbocycles. The standard InChI is InChI=1S/C12H16F3N3O/c1-7(2)18(6-12(13,14)15)10-5-8(11(17)19)3-4-9(10)16/h3-5,7H,6,16H2,1-2H3,(H2,17,19). The predicted molar refractivity (Wildman–Crippen MR) is 67.9 cm³/mol. The summed E-state index contributed by atoms with van der Waals surface area (Å²) in [5, 5.41) is 0. The number of anilines is 2. The summed E-state index contributed by atoms with van der Waals surface area (Å²) in [4.78, 5) is 12.2. The van der Waals surface area contributed by atoms with E-state index in [9.17, 15) is 18.0 Å². The van der Waals surface area contributed by atoms with E-state index in [0.29, 0.717) is 0 Å². The first-order valence-electron chi connectivity index (χ1n) is 5.64. The molecule has 0 aliphatic rings. The average molecular weight is 275 g/mol. The number of carbonyl (C=O) groups excluding carboxylic acids is 1. The summed E-state index contributed by atoms with van der Waals surface area (Å²) >= 11 is 0. The van der Waals surface area contributed by atoms with Crippen LogP contribution in [0.2, 0.25) is 0 Å². The summed E-state index contributed by atoms with van der Waals surface area (Å²) in [7, 11) is 0. The Bertz CT molecular complexity index is 472. The lowest BCUT2D eigenvalue weighted by Gasteiger charge is -2.31. The lowest BCUT2D eigenvalue weighted by Crippen LogP contribution is -2.39. The Kier molecular flexibility index (Phi) is 4.28. The fourth-order valence-corrected chi connectivity index (χ4v) is 1.68. The number of primary amides is 1. The second-order valence-corrected chi connectivity index (χ2v) is 4.47. The van der Waals surface area contributed by atoms with Gasteiger partial charge in [-0.15, -0.1) is 0 Å². The molecule has 0 saturated heterocycles. The van der Waals surface area contributed by atoms with E-state index in [4.69, 9.17) is 11.5 Å². The highest BCUT2D eigenvalue weighted by molar-refractivity contribution is 5.95. The van der Waals surface area contributed by atoms with E-state index >= 15 is 0 Å². The Labute approximate surface area is 109 Å². The fourth-order valence-electron chi connectivity index (χ4n) is 1.68. The number of halogens is 3. The summed E-state index contributed by atoms with van der Waals surface area (Å²) < 4.78 is 37.7. The fraction of sp³-hybridized carbons (Fsp3) is 0.417. The number of benzene rings is 1. The van der Waals surface area contributed by atoms with Gasteiger partial charge in [0.25, 0.3) is 0 Å². The maximum Gasteiger partial charge on any atom is 0.405 e. The van der Waals surface area contributed by atoms with Crippen molar-refractivity contribution in [3.63, 3.8) is 0 Å². The van der Waals surface area contributed by atoms with E-state index in [1.54, 1.807) is 13.8 Å². The lowest BCUT2D eigenvalue weighted by atomic mass is 10.1. The van der Waals surface area contributed by atoms with Crippen molar-refractivity contribution >= 4 is 17.3 Å². The summed E-state index contributed by atoms with van der Waals surface area (Å²) in [6.45, 7) is 2.08. The molecule has 0 atom stereocenters. The molecule has 19 heavy (non-hydrogen) atoms. The van der Waals surface area contributed by atoms with Gasteiger partial charge in [0, 0.05) is 11.6 Å². The predicted octanol–water partition coefficient (Wildman–Crippen LogP) is 2.14. The Balaban J connectivity index is 3.22. The monoisotopic (exact) mass is 275 g/mol. The van der Waals surface area contributed by atoms with Crippen molar-refractivity contribution in [3.8, 4) is 0 Å². The molecule has 0 fully saturated rings. The van der Waals surface area contributed by atoms with Crippen LogP contribution in [0.25, 0.3) is 0 Å². The van der Waals surface area contributed by atoms with Crippen molar-refractivity contribution in [2.75, 3.05) is 17.2 Å². The number of nitrogens with two attached hydrogens (primary N) is 2. The van der Waals surface area contributed by atoms with E-state index in [1.807, 2.05) is 0 Å². The third-order valence-electron chi connectivity index (χ3n) is 2.60. The minimum absolute atomic E-state index is 0.122. The topological polar surface area (TPSA) is 72.3 Å². The highest BCUT2D eigenvalue weighted by Crippen LogP contribution is 2.29. The zero-order chi connectivity index (χ0) is 14.8. The molecule has 1 amide bonds. The highest BCUT2D eigenvalue weighted by atomic mass is 19.4. The van der Waals surface area contributed by atoms with Crippen molar-refractivity contribution in [2.45, 2.75) is 26.1 Å². The first-order valence-corrected chi connectivity index (χ1v) is 5.64. The number of hydrogen-bond donors (Lipinski definition) is 2. The van der Waals surface area contributed by atoms with Gasteiger partial charge in [0.15, 0.2) is 0 Å². The summed E-state index contributed by atoms with van der Waals surface area (Å²) in [5.41, 5.74) is 11.2. The van der Waals surface area contributed by atoms with Gasteiger partial charge < -0.3 is 16.4 Å². The van der Waals surface area contributed by atoms with Crippen molar-refractivity contribution in [1.82, 2.24) is 0 Å². The maximum absolute atomic E-state index is 12.6. The molecule has 0 heterocycles. The van der Waals surface area contributed by atoms with E-state index in [2.05, 4.69) is 0 Å². The van der Waals surface area contributed by atoms with Crippen molar-refractivity contribution in [3.05, 3.63) is 23.8 Å². The first kappa shape index (κ1) is 15.1. The number of amides is 1. The van der Waals surface area contributed by atoms with Crippen molar-refractivity contribution in [2.24, 2.45) is 5.73 Å². The molecular formula is C12H16F3N3O. The van der Waals surface area contributed by atoms with E-state index in [-0.39, 0.29) is 16.9 Å². The van der Waals surface area contributed by atoms with Crippen LogP contribution in [0.3, 0.4) is 0 Å². The molecule has 7 heteroatoms. The van der Waals surface area contributed by atoms with Crippen LogP contribution in [-0.2, 0) is 0 Å². The SMILES string of the molecule is CC(C)N(CC(F)(F)F)c1cc(C(N)=O)ccc1N. The zero-order valence-electron chi connectivity index (χ0n) is 10.7. The van der Waals surface area contributed by atoms with Gasteiger partial charge >= 0.3 is 6.18 Å². The third kappa shape index (κ3) is 4.04. The highest BCUT2D eigenvalue weighted by Gasteiger charge is 2.32. The molecule has 0 spiro atoms. The van der Waals surface area contributed by atoms with Crippen LogP contribution < -0.4 is 16.4 Å². The average Bonchev–Trinajstić information content (AvgIpc) is 2.25. The largest absolute Gasteiger partial charge is 0.405 e. The molecule has 1 aromatic rings. The summed E-state index contributed by atoms with van der Waals surface area (Å²) in [6.07, 6.45) is -4.36. The molecule has 4 nitrogen and oxygen atoms in total. The molecule has 0 aliphatic carbocycles. The summed E-state index contributed by atoms with van der Waals surface area (Å²) in [6, 6.07) is 3.62. The number of alkyl halides is 3. The normalized spacial score (nSPS) is 11.7. The second-order valence-electron chi connectivity index (χ2n) is 4.47. The molecule has 106 valence electrons. The number of rotatable bonds is 4. The molecule has 0 aliphatic heterocycles. The Hall–Kier alpha value is -1.92. The van der Waals surface area contributed by atoms with Gasteiger partial charge in [-0.2, -0.15) is 13.2 Å².